The van der Waals surface area contributed by atoms with Crippen molar-refractivity contribution >= 4 is 15.7 Å². The molecule has 2 atom stereocenters. The fraction of sp³-hybridized carbons (Fsp3) is 0.562. The van der Waals surface area contributed by atoms with Crippen LogP contribution in [0.5, 0.6) is 0 Å². The third-order valence-corrected chi connectivity index (χ3v) is 6.42. The fourth-order valence-corrected chi connectivity index (χ4v) is 5.27. The van der Waals surface area contributed by atoms with E-state index in [-0.39, 0.29) is 41.6 Å². The maximum atomic E-state index is 13.5. The third-order valence-electron chi connectivity index (χ3n) is 4.59. The highest BCUT2D eigenvalue weighted by atomic mass is 32.2. The average molecular weight is 340 g/mol. The molecule has 3 rings (SSSR count). The molecule has 7 heteroatoms. The molecule has 0 radical (unpaired) electrons. The predicted octanol–water partition coefficient (Wildman–Crippen LogP) is 1.12. The topological polar surface area (TPSA) is 66.5 Å². The van der Waals surface area contributed by atoms with Gasteiger partial charge in [-0.15, -0.1) is 0 Å². The first-order valence-corrected chi connectivity index (χ1v) is 9.73. The number of nitrogens with zero attached hydrogens (tertiary/aromatic N) is 1. The molecule has 2 unspecified atom stereocenters. The van der Waals surface area contributed by atoms with Crippen LogP contribution in [0.2, 0.25) is 0 Å². The number of rotatable bonds is 3. The van der Waals surface area contributed by atoms with Crippen LogP contribution >= 0.6 is 0 Å². The Morgan fingerprint density at radius 1 is 1.39 bits per heavy atom. The number of hydrogen-bond acceptors (Lipinski definition) is 4. The number of sulfone groups is 1. The second-order valence-corrected chi connectivity index (χ2v) is 8.56. The number of nitrogens with one attached hydrogen (secondary N) is 1. The van der Waals surface area contributed by atoms with E-state index in [1.807, 2.05) is 6.07 Å². The Morgan fingerprint density at radius 2 is 2.22 bits per heavy atom. The molecule has 2 heterocycles. The number of halogens is 1. The monoisotopic (exact) mass is 340 g/mol. The molecule has 126 valence electrons. The molecule has 2 fully saturated rings. The number of carbonyl (C=O) groups is 1. The molecule has 2 saturated heterocycles. The summed E-state index contributed by atoms with van der Waals surface area (Å²) in [6.07, 6.45) is 0.815. The van der Waals surface area contributed by atoms with Crippen LogP contribution in [0.15, 0.2) is 24.3 Å². The summed E-state index contributed by atoms with van der Waals surface area (Å²) in [6, 6.07) is 6.10. The molecule has 0 aliphatic carbocycles. The molecule has 1 aromatic rings. The van der Waals surface area contributed by atoms with Crippen molar-refractivity contribution in [1.82, 2.24) is 10.2 Å². The van der Waals surface area contributed by atoms with Crippen molar-refractivity contribution in [3.63, 3.8) is 0 Å². The molecule has 1 amide bonds. The van der Waals surface area contributed by atoms with Gasteiger partial charge in [-0.2, -0.15) is 0 Å². The predicted molar refractivity (Wildman–Crippen MR) is 85.1 cm³/mol. The van der Waals surface area contributed by atoms with Crippen LogP contribution in [0.4, 0.5) is 4.39 Å². The Kier molecular flexibility index (Phi) is 4.68. The Bertz CT molecular complexity index is 692. The van der Waals surface area contributed by atoms with E-state index in [0.717, 1.165) is 5.56 Å². The van der Waals surface area contributed by atoms with Gasteiger partial charge in [0.2, 0.25) is 5.91 Å². The van der Waals surface area contributed by atoms with Gasteiger partial charge in [0.25, 0.3) is 0 Å². The first-order valence-electron chi connectivity index (χ1n) is 7.91. The van der Waals surface area contributed by atoms with Crippen LogP contribution in [0.3, 0.4) is 0 Å². The molecule has 1 N–H and O–H groups in total. The second-order valence-electron chi connectivity index (χ2n) is 6.34. The minimum Gasteiger partial charge on any atom is -0.333 e. The molecule has 0 spiro atoms. The largest absolute Gasteiger partial charge is 0.333 e. The van der Waals surface area contributed by atoms with Crippen LogP contribution in [-0.4, -0.2) is 50.4 Å². The molecule has 2 aliphatic rings. The van der Waals surface area contributed by atoms with Crippen molar-refractivity contribution in [3.8, 4) is 0 Å². The van der Waals surface area contributed by atoms with Gasteiger partial charge < -0.3 is 10.2 Å². The molecule has 2 aliphatic heterocycles. The summed E-state index contributed by atoms with van der Waals surface area (Å²) >= 11 is 0. The van der Waals surface area contributed by atoms with Gasteiger partial charge >= 0.3 is 0 Å². The molecular weight excluding hydrogens is 319 g/mol. The van der Waals surface area contributed by atoms with E-state index < -0.39 is 9.84 Å². The highest BCUT2D eigenvalue weighted by Gasteiger charge is 2.33. The molecule has 23 heavy (non-hydrogen) atoms. The van der Waals surface area contributed by atoms with Crippen molar-refractivity contribution in [1.29, 1.82) is 0 Å². The van der Waals surface area contributed by atoms with Crippen LogP contribution in [0, 0.1) is 11.7 Å². The summed E-state index contributed by atoms with van der Waals surface area (Å²) in [5.41, 5.74) is 0.768. The standard InChI is InChI=1S/C16H21FN2O3S/c17-14-3-1-2-13(9-14)15-10-18-5-6-19(15)16(20)8-12-4-7-23(21,22)11-12/h1-3,9,12,15,18H,4-8,10-11H2. The van der Waals surface area contributed by atoms with Gasteiger partial charge in [0, 0.05) is 26.1 Å². The zero-order valence-electron chi connectivity index (χ0n) is 12.9. The SMILES string of the molecule is O=C(CC1CCS(=O)(=O)C1)N1CCNCC1c1cccc(F)c1. The summed E-state index contributed by atoms with van der Waals surface area (Å²) in [5.74, 6) is -0.157. The lowest BCUT2D eigenvalue weighted by atomic mass is 9.99. The zero-order valence-corrected chi connectivity index (χ0v) is 13.7. The lowest BCUT2D eigenvalue weighted by molar-refractivity contribution is -0.135. The molecule has 0 bridgehead atoms. The van der Waals surface area contributed by atoms with Crippen molar-refractivity contribution in [2.45, 2.75) is 18.9 Å². The number of piperazine rings is 1. The normalized spacial score (nSPS) is 27.1. The van der Waals surface area contributed by atoms with Crippen LogP contribution in [0.25, 0.3) is 0 Å². The smallest absolute Gasteiger partial charge is 0.223 e. The summed E-state index contributed by atoms with van der Waals surface area (Å²) in [5, 5.41) is 3.23. The van der Waals surface area contributed by atoms with Crippen LogP contribution < -0.4 is 5.32 Å². The first kappa shape index (κ1) is 16.4. The maximum Gasteiger partial charge on any atom is 0.223 e. The first-order chi connectivity index (χ1) is 10.9. The number of hydrogen-bond donors (Lipinski definition) is 1. The Morgan fingerprint density at radius 3 is 2.91 bits per heavy atom. The van der Waals surface area contributed by atoms with Crippen LogP contribution in [0.1, 0.15) is 24.4 Å². The maximum absolute atomic E-state index is 13.5. The summed E-state index contributed by atoms with van der Waals surface area (Å²) in [4.78, 5) is 14.4. The van der Waals surface area contributed by atoms with Gasteiger partial charge in [-0.1, -0.05) is 12.1 Å². The van der Waals surface area contributed by atoms with Gasteiger partial charge in [0.1, 0.15) is 5.82 Å². The van der Waals surface area contributed by atoms with Gasteiger partial charge in [-0.25, -0.2) is 12.8 Å². The van der Waals surface area contributed by atoms with E-state index in [4.69, 9.17) is 0 Å². The molecule has 1 aromatic carbocycles. The highest BCUT2D eigenvalue weighted by molar-refractivity contribution is 7.91. The van der Waals surface area contributed by atoms with Crippen molar-refractivity contribution in [2.24, 2.45) is 5.92 Å². The minimum atomic E-state index is -2.98. The van der Waals surface area contributed by atoms with E-state index >= 15 is 0 Å². The minimum absolute atomic E-state index is 0.0390. The van der Waals surface area contributed by atoms with Crippen molar-refractivity contribution < 1.29 is 17.6 Å². The van der Waals surface area contributed by atoms with E-state index in [1.54, 1.807) is 11.0 Å². The van der Waals surface area contributed by atoms with Crippen molar-refractivity contribution in [2.75, 3.05) is 31.1 Å². The Balaban J connectivity index is 1.72. The lowest BCUT2D eigenvalue weighted by Crippen LogP contribution is -2.49. The van der Waals surface area contributed by atoms with E-state index in [0.29, 0.717) is 26.1 Å². The second kappa shape index (κ2) is 6.57. The highest BCUT2D eigenvalue weighted by Crippen LogP contribution is 2.27. The Labute approximate surface area is 135 Å². The number of carbonyl (C=O) groups excluding carboxylic acids is 1. The summed E-state index contributed by atoms with van der Waals surface area (Å²) in [6.45, 7) is 1.83. The van der Waals surface area contributed by atoms with Gasteiger partial charge in [0.15, 0.2) is 9.84 Å². The van der Waals surface area contributed by atoms with E-state index in [2.05, 4.69) is 5.32 Å². The summed E-state index contributed by atoms with van der Waals surface area (Å²) in [7, 11) is -2.98. The molecule has 0 saturated carbocycles. The summed E-state index contributed by atoms with van der Waals surface area (Å²) < 4.78 is 36.6. The zero-order chi connectivity index (χ0) is 16.4. The lowest BCUT2D eigenvalue weighted by Gasteiger charge is -2.37. The number of benzene rings is 1. The van der Waals surface area contributed by atoms with Crippen molar-refractivity contribution in [3.05, 3.63) is 35.6 Å². The molecule has 0 aromatic heterocycles. The van der Waals surface area contributed by atoms with E-state index in [1.165, 1.54) is 12.1 Å². The van der Waals surface area contributed by atoms with Gasteiger partial charge in [0.05, 0.1) is 17.5 Å². The van der Waals surface area contributed by atoms with Crippen LogP contribution in [-0.2, 0) is 14.6 Å². The Hall–Kier alpha value is -1.47. The average Bonchev–Trinajstić information content (AvgIpc) is 2.86. The fourth-order valence-electron chi connectivity index (χ4n) is 3.41. The van der Waals surface area contributed by atoms with Gasteiger partial charge in [-0.05, 0) is 30.0 Å². The van der Waals surface area contributed by atoms with E-state index in [9.17, 15) is 17.6 Å². The molecule has 5 nitrogen and oxygen atoms in total. The van der Waals surface area contributed by atoms with Gasteiger partial charge in [-0.3, -0.25) is 4.79 Å². The molecular formula is C16H21FN2O3S. The quantitative estimate of drug-likeness (QED) is 0.896. The number of amides is 1. The third kappa shape index (κ3) is 3.90.